The summed E-state index contributed by atoms with van der Waals surface area (Å²) in [6.45, 7) is 7.83. The van der Waals surface area contributed by atoms with Gasteiger partial charge >= 0.3 is 5.63 Å². The molecule has 2 aromatic heterocycles. The van der Waals surface area contributed by atoms with E-state index in [1.807, 2.05) is 25.1 Å². The molecule has 3 heterocycles. The molecule has 7 heteroatoms. The molecule has 6 nitrogen and oxygen atoms in total. The first-order valence-electron chi connectivity index (χ1n) is 11.2. The number of ether oxygens (including phenoxy) is 1. The summed E-state index contributed by atoms with van der Waals surface area (Å²) >= 11 is 1.59. The Morgan fingerprint density at radius 2 is 1.88 bits per heavy atom. The molecule has 0 bridgehead atoms. The Balaban J connectivity index is 1.06. The lowest BCUT2D eigenvalue weighted by molar-refractivity contribution is 0.238. The molecule has 2 aromatic carbocycles. The van der Waals surface area contributed by atoms with E-state index in [1.165, 1.54) is 16.2 Å². The highest BCUT2D eigenvalue weighted by molar-refractivity contribution is 7.13. The molecule has 0 atom stereocenters. The molecule has 1 saturated heterocycles. The third-order valence-corrected chi connectivity index (χ3v) is 6.91. The first kappa shape index (κ1) is 21.0. The van der Waals surface area contributed by atoms with Crippen LogP contribution in [0, 0.1) is 6.92 Å². The van der Waals surface area contributed by atoms with Gasteiger partial charge in [-0.3, -0.25) is 4.90 Å². The van der Waals surface area contributed by atoms with Crippen LogP contribution in [0.3, 0.4) is 0 Å². The Bertz CT molecular complexity index is 1270. The monoisotopic (exact) mass is 449 g/mol. The Morgan fingerprint density at radius 1 is 1.03 bits per heavy atom. The highest BCUT2D eigenvalue weighted by Crippen LogP contribution is 2.29. The van der Waals surface area contributed by atoms with Gasteiger partial charge in [0.25, 0.3) is 0 Å². The predicted octanol–water partition coefficient (Wildman–Crippen LogP) is 4.69. The van der Waals surface area contributed by atoms with Crippen LogP contribution in [-0.4, -0.2) is 48.6 Å². The molecule has 1 fully saturated rings. The zero-order chi connectivity index (χ0) is 21.9. The van der Waals surface area contributed by atoms with E-state index in [0.717, 1.165) is 68.1 Å². The zero-order valence-corrected chi connectivity index (χ0v) is 19.1. The summed E-state index contributed by atoms with van der Waals surface area (Å²) in [4.78, 5) is 16.5. The molecule has 0 saturated carbocycles. The van der Waals surface area contributed by atoms with Crippen molar-refractivity contribution in [2.24, 2.45) is 0 Å². The zero-order valence-electron chi connectivity index (χ0n) is 18.3. The second-order valence-corrected chi connectivity index (χ2v) is 9.10. The number of aromatic nitrogens is 1. The second-order valence-electron chi connectivity index (χ2n) is 8.29. The number of aryl methyl sites for hydroxylation is 1. The van der Waals surface area contributed by atoms with Crippen molar-refractivity contribution in [3.8, 4) is 5.75 Å². The second kappa shape index (κ2) is 9.30. The first-order valence-corrected chi connectivity index (χ1v) is 11.9. The van der Waals surface area contributed by atoms with Crippen LogP contribution < -0.4 is 15.3 Å². The molecule has 0 amide bonds. The van der Waals surface area contributed by atoms with Gasteiger partial charge in [-0.25, -0.2) is 4.79 Å². The molecule has 0 N–H and O–H groups in total. The molecule has 32 heavy (non-hydrogen) atoms. The molecular formula is C25H27N3O3S. The van der Waals surface area contributed by atoms with Crippen LogP contribution >= 0.6 is 11.5 Å². The van der Waals surface area contributed by atoms with Gasteiger partial charge < -0.3 is 14.1 Å². The van der Waals surface area contributed by atoms with Gasteiger partial charge in [-0.15, -0.1) is 0 Å². The van der Waals surface area contributed by atoms with E-state index in [2.05, 4.69) is 34.1 Å². The minimum atomic E-state index is -0.324. The van der Waals surface area contributed by atoms with Crippen LogP contribution in [0.1, 0.15) is 18.4 Å². The molecule has 166 valence electrons. The fourth-order valence-electron chi connectivity index (χ4n) is 4.31. The van der Waals surface area contributed by atoms with Gasteiger partial charge in [0, 0.05) is 49.1 Å². The number of hydrogen-bond donors (Lipinski definition) is 0. The summed E-state index contributed by atoms with van der Waals surface area (Å²) in [6.07, 6.45) is 2.09. The first-order chi connectivity index (χ1) is 15.7. The van der Waals surface area contributed by atoms with Crippen molar-refractivity contribution in [1.82, 2.24) is 9.27 Å². The average Bonchev–Trinajstić information content (AvgIpc) is 3.23. The number of rotatable bonds is 7. The lowest BCUT2D eigenvalue weighted by Crippen LogP contribution is -2.46. The number of benzene rings is 2. The summed E-state index contributed by atoms with van der Waals surface area (Å²) in [5.74, 6) is 1.88. The number of unbranched alkanes of at least 4 members (excludes halogenated alkanes) is 1. The molecular weight excluding hydrogens is 422 g/mol. The Hall–Kier alpha value is -2.90. The number of hydrogen-bond acceptors (Lipinski definition) is 7. The van der Waals surface area contributed by atoms with Gasteiger partial charge in [-0.05, 0) is 67.7 Å². The number of piperazine rings is 1. The van der Waals surface area contributed by atoms with Crippen LogP contribution in [0.25, 0.3) is 21.1 Å². The van der Waals surface area contributed by atoms with E-state index in [1.54, 1.807) is 11.5 Å². The maximum atomic E-state index is 11.6. The van der Waals surface area contributed by atoms with E-state index in [-0.39, 0.29) is 5.63 Å². The van der Waals surface area contributed by atoms with E-state index in [0.29, 0.717) is 12.2 Å². The maximum absolute atomic E-state index is 11.6. The summed E-state index contributed by atoms with van der Waals surface area (Å²) in [5, 5.41) is 2.22. The van der Waals surface area contributed by atoms with Crippen LogP contribution in [-0.2, 0) is 0 Å². The Morgan fingerprint density at radius 3 is 2.75 bits per heavy atom. The lowest BCUT2D eigenvalue weighted by Gasteiger charge is -2.35. The Kier molecular flexibility index (Phi) is 6.10. The molecule has 1 aliphatic heterocycles. The van der Waals surface area contributed by atoms with Gasteiger partial charge in [-0.2, -0.15) is 4.37 Å². The highest BCUT2D eigenvalue weighted by atomic mass is 32.1. The number of fused-ring (bicyclic) bond motifs is 2. The molecule has 0 spiro atoms. The largest absolute Gasteiger partial charge is 0.493 e. The van der Waals surface area contributed by atoms with Crippen molar-refractivity contribution in [1.29, 1.82) is 0 Å². The topological polar surface area (TPSA) is 58.8 Å². The highest BCUT2D eigenvalue weighted by Gasteiger charge is 2.20. The molecule has 0 aliphatic carbocycles. The molecule has 0 unspecified atom stereocenters. The van der Waals surface area contributed by atoms with Crippen LogP contribution in [0.2, 0.25) is 0 Å². The van der Waals surface area contributed by atoms with Gasteiger partial charge in [0.15, 0.2) is 0 Å². The third kappa shape index (κ3) is 4.49. The van der Waals surface area contributed by atoms with Crippen molar-refractivity contribution in [2.75, 3.05) is 44.2 Å². The standard InChI is InChI=1S/C25H27N3O3S/c1-18-16-24(29)31-22-17-19(8-9-20(18)22)30-15-5-4-10-27-11-13-28(14-12-27)25-21-6-2-3-7-23(21)32-26-25/h2-3,6-9,16-17H,4-5,10-15H2,1H3. The normalized spacial score (nSPS) is 15.0. The van der Waals surface area contributed by atoms with Crippen molar-refractivity contribution >= 4 is 38.4 Å². The van der Waals surface area contributed by atoms with Crippen molar-refractivity contribution in [3.05, 3.63) is 64.5 Å². The van der Waals surface area contributed by atoms with E-state index in [9.17, 15) is 4.79 Å². The van der Waals surface area contributed by atoms with Crippen LogP contribution in [0.15, 0.2) is 57.7 Å². The van der Waals surface area contributed by atoms with Crippen molar-refractivity contribution < 1.29 is 9.15 Å². The minimum absolute atomic E-state index is 0.324. The molecule has 4 aromatic rings. The van der Waals surface area contributed by atoms with Gasteiger partial charge in [0.2, 0.25) is 0 Å². The fourth-order valence-corrected chi connectivity index (χ4v) is 5.10. The fraction of sp³-hybridized carbons (Fsp3) is 0.360. The van der Waals surface area contributed by atoms with Gasteiger partial charge in [-0.1, -0.05) is 12.1 Å². The number of nitrogens with zero attached hydrogens (tertiary/aromatic N) is 3. The van der Waals surface area contributed by atoms with E-state index >= 15 is 0 Å². The summed E-state index contributed by atoms with van der Waals surface area (Å²) in [5.41, 5.74) is 1.18. The SMILES string of the molecule is Cc1cc(=O)oc2cc(OCCCCN3CCN(c4nsc5ccccc45)CC3)ccc12. The van der Waals surface area contributed by atoms with Gasteiger partial charge in [0.05, 0.1) is 11.3 Å². The minimum Gasteiger partial charge on any atom is -0.493 e. The van der Waals surface area contributed by atoms with Crippen LogP contribution in [0.5, 0.6) is 5.75 Å². The molecule has 0 radical (unpaired) electrons. The Labute approximate surface area is 191 Å². The van der Waals surface area contributed by atoms with E-state index in [4.69, 9.17) is 13.5 Å². The average molecular weight is 450 g/mol. The maximum Gasteiger partial charge on any atom is 0.336 e. The predicted molar refractivity (Wildman–Crippen MR) is 130 cm³/mol. The van der Waals surface area contributed by atoms with E-state index < -0.39 is 0 Å². The summed E-state index contributed by atoms with van der Waals surface area (Å²) in [6, 6.07) is 15.7. The third-order valence-electron chi connectivity index (χ3n) is 6.09. The number of anilines is 1. The van der Waals surface area contributed by atoms with Crippen molar-refractivity contribution in [3.63, 3.8) is 0 Å². The summed E-state index contributed by atoms with van der Waals surface area (Å²) in [7, 11) is 0. The smallest absolute Gasteiger partial charge is 0.336 e. The van der Waals surface area contributed by atoms with Crippen molar-refractivity contribution in [2.45, 2.75) is 19.8 Å². The molecule has 5 rings (SSSR count). The quantitative estimate of drug-likeness (QED) is 0.301. The van der Waals surface area contributed by atoms with Gasteiger partial charge in [0.1, 0.15) is 17.2 Å². The summed E-state index contributed by atoms with van der Waals surface area (Å²) < 4.78 is 17.1. The molecule has 1 aliphatic rings. The van der Waals surface area contributed by atoms with Crippen LogP contribution in [0.4, 0.5) is 5.82 Å². The lowest BCUT2D eigenvalue weighted by atomic mass is 10.1.